The van der Waals surface area contributed by atoms with Crippen molar-refractivity contribution >= 4 is 0 Å². The molecule has 0 spiro atoms. The van der Waals surface area contributed by atoms with Gasteiger partial charge in [-0.2, -0.15) is 0 Å². The molecule has 2 heteroatoms. The fourth-order valence-corrected chi connectivity index (χ4v) is 0.949. The van der Waals surface area contributed by atoms with Gasteiger partial charge in [0.2, 0.25) is 0 Å². The summed E-state index contributed by atoms with van der Waals surface area (Å²) in [6.07, 6.45) is 0. The van der Waals surface area contributed by atoms with Crippen molar-refractivity contribution in [3.63, 3.8) is 0 Å². The van der Waals surface area contributed by atoms with Gasteiger partial charge in [-0.05, 0) is 25.7 Å². The first-order valence-corrected chi connectivity index (χ1v) is 4.96. The molecule has 0 fully saturated rings. The van der Waals surface area contributed by atoms with Crippen molar-refractivity contribution in [1.29, 1.82) is 0 Å². The van der Waals surface area contributed by atoms with Crippen molar-refractivity contribution < 1.29 is 0 Å². The highest BCUT2D eigenvalue weighted by atomic mass is 15.0. The van der Waals surface area contributed by atoms with Crippen LogP contribution < -0.4 is 5.73 Å². The first kappa shape index (κ1) is 13.1. The van der Waals surface area contributed by atoms with Crippen LogP contribution in [0.5, 0.6) is 0 Å². The summed E-state index contributed by atoms with van der Waals surface area (Å²) in [5.74, 6) is 0. The minimum atomic E-state index is 0.333. The number of hydrogen-bond donors (Lipinski definition) is 1. The Morgan fingerprint density at radius 2 is 1.57 bits per heavy atom. The standard InChI is InChI=1S/C9H13N.C3H9N/c1-10(2)8-9-6-4-3-5-7-9;1-3(2)4/h3-7H,8H2,1-2H3;3H,4H2,1-2H3. The van der Waals surface area contributed by atoms with Gasteiger partial charge in [0.25, 0.3) is 0 Å². The summed E-state index contributed by atoms with van der Waals surface area (Å²) in [4.78, 5) is 2.16. The van der Waals surface area contributed by atoms with Crippen molar-refractivity contribution in [1.82, 2.24) is 4.90 Å². The van der Waals surface area contributed by atoms with E-state index in [9.17, 15) is 0 Å². The fourth-order valence-electron chi connectivity index (χ4n) is 0.949. The molecule has 1 aromatic carbocycles. The maximum atomic E-state index is 5.11. The molecule has 1 aromatic rings. The van der Waals surface area contributed by atoms with Crippen LogP contribution >= 0.6 is 0 Å². The average Bonchev–Trinajstić information content (AvgIpc) is 2.03. The van der Waals surface area contributed by atoms with Crippen LogP contribution in [0.2, 0.25) is 0 Å². The summed E-state index contributed by atoms with van der Waals surface area (Å²) in [5.41, 5.74) is 6.48. The van der Waals surface area contributed by atoms with Gasteiger partial charge in [0.15, 0.2) is 0 Å². The smallest absolute Gasteiger partial charge is 0.0227 e. The van der Waals surface area contributed by atoms with E-state index in [1.54, 1.807) is 0 Å². The third-order valence-corrected chi connectivity index (χ3v) is 1.34. The van der Waals surface area contributed by atoms with E-state index in [1.807, 2.05) is 19.9 Å². The second-order valence-electron chi connectivity index (χ2n) is 3.97. The molecule has 1 rings (SSSR count). The van der Waals surface area contributed by atoms with E-state index in [1.165, 1.54) is 5.56 Å². The summed E-state index contributed by atoms with van der Waals surface area (Å²) in [5, 5.41) is 0. The molecule has 2 N–H and O–H groups in total. The molecule has 0 saturated carbocycles. The number of nitrogens with zero attached hydrogens (tertiary/aromatic N) is 1. The van der Waals surface area contributed by atoms with E-state index in [2.05, 4.69) is 43.3 Å². The van der Waals surface area contributed by atoms with Gasteiger partial charge in [0.05, 0.1) is 0 Å². The summed E-state index contributed by atoms with van der Waals surface area (Å²) in [6, 6.07) is 10.8. The Balaban J connectivity index is 0.000000364. The molecule has 0 amide bonds. The zero-order valence-corrected chi connectivity index (χ0v) is 9.70. The molecule has 14 heavy (non-hydrogen) atoms. The minimum Gasteiger partial charge on any atom is -0.328 e. The molecule has 0 atom stereocenters. The number of benzene rings is 1. The van der Waals surface area contributed by atoms with Gasteiger partial charge in [-0.3, -0.25) is 0 Å². The largest absolute Gasteiger partial charge is 0.328 e. The van der Waals surface area contributed by atoms with Crippen molar-refractivity contribution in [3.05, 3.63) is 35.9 Å². The van der Waals surface area contributed by atoms with Gasteiger partial charge >= 0.3 is 0 Å². The average molecular weight is 194 g/mol. The van der Waals surface area contributed by atoms with Crippen LogP contribution in [0.3, 0.4) is 0 Å². The summed E-state index contributed by atoms with van der Waals surface area (Å²) in [6.45, 7) is 4.92. The van der Waals surface area contributed by atoms with E-state index in [0.29, 0.717) is 6.04 Å². The van der Waals surface area contributed by atoms with Crippen LogP contribution in [0.25, 0.3) is 0 Å². The lowest BCUT2D eigenvalue weighted by Gasteiger charge is -2.08. The fraction of sp³-hybridized carbons (Fsp3) is 0.500. The van der Waals surface area contributed by atoms with Crippen LogP contribution in [-0.2, 0) is 6.54 Å². The number of nitrogens with two attached hydrogens (primary N) is 1. The Morgan fingerprint density at radius 1 is 1.14 bits per heavy atom. The molecular weight excluding hydrogens is 172 g/mol. The predicted octanol–water partition coefficient (Wildman–Crippen LogP) is 2.10. The lowest BCUT2D eigenvalue weighted by Crippen LogP contribution is -2.10. The molecule has 0 bridgehead atoms. The predicted molar refractivity (Wildman–Crippen MR) is 63.2 cm³/mol. The van der Waals surface area contributed by atoms with Gasteiger partial charge in [0, 0.05) is 6.54 Å². The van der Waals surface area contributed by atoms with Gasteiger partial charge in [-0.1, -0.05) is 44.2 Å². The molecule has 0 unspecified atom stereocenters. The third-order valence-electron chi connectivity index (χ3n) is 1.34. The topological polar surface area (TPSA) is 29.3 Å². The quantitative estimate of drug-likeness (QED) is 0.781. The molecule has 0 aromatic heterocycles. The Hall–Kier alpha value is -0.860. The summed E-state index contributed by atoms with van der Waals surface area (Å²) < 4.78 is 0. The number of rotatable bonds is 2. The van der Waals surface area contributed by atoms with Crippen LogP contribution in [0.4, 0.5) is 0 Å². The van der Waals surface area contributed by atoms with E-state index in [-0.39, 0.29) is 0 Å². The Morgan fingerprint density at radius 3 is 1.93 bits per heavy atom. The molecular formula is C12H22N2. The first-order chi connectivity index (χ1) is 6.52. The molecule has 0 radical (unpaired) electrons. The van der Waals surface area contributed by atoms with Crippen molar-refractivity contribution in [2.45, 2.75) is 26.4 Å². The summed E-state index contributed by atoms with van der Waals surface area (Å²) in [7, 11) is 4.15. The maximum absolute atomic E-state index is 5.11. The van der Waals surface area contributed by atoms with Gasteiger partial charge in [0.1, 0.15) is 0 Å². The van der Waals surface area contributed by atoms with E-state index >= 15 is 0 Å². The molecule has 0 aliphatic carbocycles. The Bertz CT molecular complexity index is 214. The lowest BCUT2D eigenvalue weighted by molar-refractivity contribution is 0.402. The highest BCUT2D eigenvalue weighted by molar-refractivity contribution is 5.14. The zero-order valence-electron chi connectivity index (χ0n) is 9.70. The Labute approximate surface area is 87.7 Å². The third kappa shape index (κ3) is 9.23. The molecule has 0 aliphatic rings. The van der Waals surface area contributed by atoms with E-state index in [0.717, 1.165) is 6.54 Å². The zero-order chi connectivity index (χ0) is 11.0. The monoisotopic (exact) mass is 194 g/mol. The molecule has 2 nitrogen and oxygen atoms in total. The van der Waals surface area contributed by atoms with Crippen LogP contribution in [0, 0.1) is 0 Å². The molecule has 0 saturated heterocycles. The van der Waals surface area contributed by atoms with Gasteiger partial charge < -0.3 is 10.6 Å². The normalized spacial score (nSPS) is 9.93. The minimum absolute atomic E-state index is 0.333. The van der Waals surface area contributed by atoms with E-state index < -0.39 is 0 Å². The van der Waals surface area contributed by atoms with Crippen molar-refractivity contribution in [3.8, 4) is 0 Å². The molecule has 0 heterocycles. The van der Waals surface area contributed by atoms with Gasteiger partial charge in [-0.25, -0.2) is 0 Å². The highest BCUT2D eigenvalue weighted by Crippen LogP contribution is 1.99. The molecule has 80 valence electrons. The second-order valence-corrected chi connectivity index (χ2v) is 3.97. The molecule has 0 aliphatic heterocycles. The first-order valence-electron chi connectivity index (χ1n) is 4.96. The highest BCUT2D eigenvalue weighted by Gasteiger charge is 1.90. The van der Waals surface area contributed by atoms with Crippen LogP contribution in [0.15, 0.2) is 30.3 Å². The number of hydrogen-bond acceptors (Lipinski definition) is 2. The van der Waals surface area contributed by atoms with Crippen LogP contribution in [0.1, 0.15) is 19.4 Å². The van der Waals surface area contributed by atoms with E-state index in [4.69, 9.17) is 5.73 Å². The van der Waals surface area contributed by atoms with Crippen LogP contribution in [-0.4, -0.2) is 25.0 Å². The second kappa shape index (κ2) is 7.54. The lowest BCUT2D eigenvalue weighted by atomic mass is 10.2. The Kier molecular flexibility index (Phi) is 7.07. The maximum Gasteiger partial charge on any atom is 0.0227 e. The van der Waals surface area contributed by atoms with Crippen molar-refractivity contribution in [2.24, 2.45) is 5.73 Å². The van der Waals surface area contributed by atoms with Gasteiger partial charge in [-0.15, -0.1) is 0 Å². The SMILES string of the molecule is CC(C)N.CN(C)Cc1ccccc1. The van der Waals surface area contributed by atoms with Crippen molar-refractivity contribution in [2.75, 3.05) is 14.1 Å². The summed E-state index contributed by atoms with van der Waals surface area (Å²) >= 11 is 0.